The summed E-state index contributed by atoms with van der Waals surface area (Å²) in [7, 11) is 1.48. The molecule has 0 saturated carbocycles. The highest BCUT2D eigenvalue weighted by Crippen LogP contribution is 2.19. The number of guanidine groups is 1. The molecule has 0 aromatic heterocycles. The van der Waals surface area contributed by atoms with Crippen molar-refractivity contribution in [1.82, 2.24) is 15.1 Å². The maximum Gasteiger partial charge on any atom is 0.194 e. The highest BCUT2D eigenvalue weighted by Gasteiger charge is 2.20. The SMILES string of the molecule is CCNC(=NCC(CCO)CC(C)C)N1CCN(Cc2ccc(OC)c(F)c2)CC1.I. The van der Waals surface area contributed by atoms with Gasteiger partial charge >= 0.3 is 0 Å². The first-order valence-corrected chi connectivity index (χ1v) is 11.2. The molecule has 1 aliphatic rings. The second-order valence-electron chi connectivity index (χ2n) is 8.43. The third-order valence-corrected chi connectivity index (χ3v) is 5.47. The normalized spacial score (nSPS) is 16.2. The Morgan fingerprint density at radius 2 is 1.97 bits per heavy atom. The number of rotatable bonds is 10. The number of piperazine rings is 1. The maximum atomic E-state index is 13.9. The van der Waals surface area contributed by atoms with Crippen molar-refractivity contribution in [3.05, 3.63) is 29.6 Å². The fourth-order valence-corrected chi connectivity index (χ4v) is 3.96. The van der Waals surface area contributed by atoms with Gasteiger partial charge in [-0.15, -0.1) is 24.0 Å². The zero-order valence-corrected chi connectivity index (χ0v) is 21.8. The highest BCUT2D eigenvalue weighted by atomic mass is 127. The third kappa shape index (κ3) is 9.49. The summed E-state index contributed by atoms with van der Waals surface area (Å²) in [6.45, 7) is 12.6. The van der Waals surface area contributed by atoms with Crippen molar-refractivity contribution >= 4 is 29.9 Å². The first-order chi connectivity index (χ1) is 14.5. The first kappa shape index (κ1) is 27.9. The lowest BCUT2D eigenvalue weighted by Gasteiger charge is -2.36. The average molecular weight is 551 g/mol. The van der Waals surface area contributed by atoms with Crippen molar-refractivity contribution in [1.29, 1.82) is 0 Å². The van der Waals surface area contributed by atoms with E-state index in [0.717, 1.165) is 70.2 Å². The Morgan fingerprint density at radius 1 is 1.26 bits per heavy atom. The van der Waals surface area contributed by atoms with Gasteiger partial charge in [0.15, 0.2) is 17.5 Å². The Bertz CT molecular complexity index is 667. The second-order valence-corrected chi connectivity index (χ2v) is 8.43. The first-order valence-electron chi connectivity index (χ1n) is 11.2. The Hall–Kier alpha value is -1.13. The van der Waals surface area contributed by atoms with Gasteiger partial charge in [0.2, 0.25) is 0 Å². The molecule has 1 fully saturated rings. The molecule has 0 spiro atoms. The number of nitrogens with zero attached hydrogens (tertiary/aromatic N) is 3. The zero-order valence-electron chi connectivity index (χ0n) is 19.4. The number of nitrogens with one attached hydrogen (secondary N) is 1. The van der Waals surface area contributed by atoms with Crippen molar-refractivity contribution < 1.29 is 14.2 Å². The van der Waals surface area contributed by atoms with Gasteiger partial charge in [-0.3, -0.25) is 9.89 Å². The van der Waals surface area contributed by atoms with Gasteiger partial charge in [0.25, 0.3) is 0 Å². The van der Waals surface area contributed by atoms with Crippen LogP contribution in [0.1, 0.15) is 39.2 Å². The van der Waals surface area contributed by atoms with Crippen LogP contribution in [0.15, 0.2) is 23.2 Å². The number of aliphatic hydroxyl groups excluding tert-OH is 1. The van der Waals surface area contributed by atoms with E-state index in [1.165, 1.54) is 7.11 Å². The molecule has 0 amide bonds. The minimum Gasteiger partial charge on any atom is -0.494 e. The Labute approximate surface area is 204 Å². The molecule has 1 aliphatic heterocycles. The lowest BCUT2D eigenvalue weighted by Crippen LogP contribution is -2.52. The van der Waals surface area contributed by atoms with E-state index in [9.17, 15) is 9.50 Å². The number of hydrogen-bond acceptors (Lipinski definition) is 4. The lowest BCUT2D eigenvalue weighted by molar-refractivity contribution is 0.172. The second kappa shape index (κ2) is 14.8. The topological polar surface area (TPSA) is 60.3 Å². The molecule has 0 radical (unpaired) electrons. The molecule has 0 aliphatic carbocycles. The van der Waals surface area contributed by atoms with Crippen LogP contribution >= 0.6 is 24.0 Å². The van der Waals surface area contributed by atoms with E-state index in [2.05, 4.69) is 35.9 Å². The molecule has 8 heteroatoms. The van der Waals surface area contributed by atoms with E-state index in [-0.39, 0.29) is 42.2 Å². The standard InChI is InChI=1S/C23H39FN4O2.HI/c1-5-25-23(26-16-19(8-13-29)14-18(2)3)28-11-9-27(10-12-28)17-20-6-7-22(30-4)21(24)15-20;/h6-7,15,18-19,29H,5,8-14,16-17H2,1-4H3,(H,25,26);1H. The monoisotopic (exact) mass is 550 g/mol. The number of ether oxygens (including phenoxy) is 1. The van der Waals surface area contributed by atoms with Gasteiger partial charge in [-0.1, -0.05) is 19.9 Å². The predicted molar refractivity (Wildman–Crippen MR) is 136 cm³/mol. The summed E-state index contributed by atoms with van der Waals surface area (Å²) in [5.41, 5.74) is 0.961. The molecular formula is C23H40FIN4O2. The summed E-state index contributed by atoms with van der Waals surface area (Å²) in [5.74, 6) is 1.95. The van der Waals surface area contributed by atoms with Crippen molar-refractivity contribution in [2.75, 3.05) is 53.0 Å². The minimum atomic E-state index is -0.311. The van der Waals surface area contributed by atoms with Gasteiger partial charge in [-0.05, 0) is 49.3 Å². The number of aliphatic imine (C=N–C) groups is 1. The molecule has 1 atom stereocenters. The fourth-order valence-electron chi connectivity index (χ4n) is 3.96. The molecule has 2 rings (SSSR count). The summed E-state index contributed by atoms with van der Waals surface area (Å²) in [5, 5.41) is 12.8. The van der Waals surface area contributed by atoms with Crippen LogP contribution in [0.4, 0.5) is 4.39 Å². The number of methoxy groups -OCH3 is 1. The van der Waals surface area contributed by atoms with Gasteiger partial charge in [0.05, 0.1) is 7.11 Å². The summed E-state index contributed by atoms with van der Waals surface area (Å²) in [4.78, 5) is 9.53. The van der Waals surface area contributed by atoms with Crippen molar-refractivity contribution in [3.63, 3.8) is 0 Å². The smallest absolute Gasteiger partial charge is 0.194 e. The molecule has 178 valence electrons. The number of benzene rings is 1. The quantitative estimate of drug-likeness (QED) is 0.265. The average Bonchev–Trinajstić information content (AvgIpc) is 2.71. The zero-order chi connectivity index (χ0) is 21.9. The van der Waals surface area contributed by atoms with Crippen molar-refractivity contribution in [3.8, 4) is 5.75 Å². The van der Waals surface area contributed by atoms with Crippen LogP contribution in [0, 0.1) is 17.7 Å². The summed E-state index contributed by atoms with van der Waals surface area (Å²) in [6.07, 6.45) is 1.88. The van der Waals surface area contributed by atoms with Gasteiger partial charge in [0.1, 0.15) is 0 Å². The van der Waals surface area contributed by atoms with Crippen LogP contribution in [0.3, 0.4) is 0 Å². The van der Waals surface area contributed by atoms with Gasteiger partial charge < -0.3 is 20.1 Å². The van der Waals surface area contributed by atoms with E-state index in [4.69, 9.17) is 9.73 Å². The molecule has 2 N–H and O–H groups in total. The molecule has 1 aromatic rings. The third-order valence-electron chi connectivity index (χ3n) is 5.47. The van der Waals surface area contributed by atoms with E-state index in [0.29, 0.717) is 11.8 Å². The van der Waals surface area contributed by atoms with Gasteiger partial charge in [-0.25, -0.2) is 4.39 Å². The number of hydrogen-bond donors (Lipinski definition) is 2. The van der Waals surface area contributed by atoms with E-state index in [1.807, 2.05) is 6.07 Å². The maximum absolute atomic E-state index is 13.9. The number of halogens is 2. The van der Waals surface area contributed by atoms with Gasteiger partial charge in [-0.2, -0.15) is 0 Å². The van der Waals surface area contributed by atoms with Crippen LogP contribution < -0.4 is 10.1 Å². The van der Waals surface area contributed by atoms with E-state index >= 15 is 0 Å². The molecule has 31 heavy (non-hydrogen) atoms. The summed E-state index contributed by atoms with van der Waals surface area (Å²) >= 11 is 0. The van der Waals surface area contributed by atoms with Crippen LogP contribution in [0.25, 0.3) is 0 Å². The summed E-state index contributed by atoms with van der Waals surface area (Å²) in [6, 6.07) is 5.18. The Morgan fingerprint density at radius 3 is 2.52 bits per heavy atom. The van der Waals surface area contributed by atoms with Crippen LogP contribution in [-0.4, -0.2) is 73.9 Å². The largest absolute Gasteiger partial charge is 0.494 e. The van der Waals surface area contributed by atoms with Gasteiger partial charge in [0, 0.05) is 52.4 Å². The fraction of sp³-hybridized carbons (Fsp3) is 0.696. The van der Waals surface area contributed by atoms with Crippen LogP contribution in [-0.2, 0) is 6.54 Å². The van der Waals surface area contributed by atoms with Crippen molar-refractivity contribution in [2.45, 2.75) is 40.2 Å². The molecule has 1 unspecified atom stereocenters. The lowest BCUT2D eigenvalue weighted by atomic mass is 9.94. The van der Waals surface area contributed by atoms with Crippen LogP contribution in [0.2, 0.25) is 0 Å². The molecule has 1 saturated heterocycles. The predicted octanol–water partition coefficient (Wildman–Crippen LogP) is 3.58. The Balaban J connectivity index is 0.00000480. The molecule has 1 heterocycles. The highest BCUT2D eigenvalue weighted by molar-refractivity contribution is 14.0. The minimum absolute atomic E-state index is 0. The molecule has 6 nitrogen and oxygen atoms in total. The molecular weight excluding hydrogens is 510 g/mol. The Kier molecular flexibility index (Phi) is 13.4. The van der Waals surface area contributed by atoms with E-state index in [1.54, 1.807) is 12.1 Å². The van der Waals surface area contributed by atoms with Crippen molar-refractivity contribution in [2.24, 2.45) is 16.8 Å². The van der Waals surface area contributed by atoms with Crippen LogP contribution in [0.5, 0.6) is 5.75 Å². The van der Waals surface area contributed by atoms with E-state index < -0.39 is 0 Å². The number of aliphatic hydroxyl groups is 1. The molecule has 1 aromatic carbocycles. The molecule has 0 bridgehead atoms. The summed E-state index contributed by atoms with van der Waals surface area (Å²) < 4.78 is 18.9.